The molecule has 3 aliphatic rings. The van der Waals surface area contributed by atoms with Crippen LogP contribution in [-0.2, 0) is 16.1 Å². The number of imide groups is 1. The zero-order valence-corrected chi connectivity index (χ0v) is 15.5. The van der Waals surface area contributed by atoms with E-state index in [4.69, 9.17) is 6.42 Å². The first kappa shape index (κ1) is 18.6. The van der Waals surface area contributed by atoms with Gasteiger partial charge in [0.15, 0.2) is 0 Å². The Morgan fingerprint density at radius 2 is 1.93 bits per heavy atom. The van der Waals surface area contributed by atoms with E-state index in [1.54, 1.807) is 0 Å². The zero-order chi connectivity index (χ0) is 19.8. The van der Waals surface area contributed by atoms with Crippen molar-refractivity contribution in [3.8, 4) is 12.3 Å². The van der Waals surface area contributed by atoms with E-state index in [-0.39, 0.29) is 30.7 Å². The number of fused-ring (bicyclic) bond motifs is 1. The van der Waals surface area contributed by atoms with Crippen LogP contribution in [0.15, 0.2) is 12.1 Å². The van der Waals surface area contributed by atoms with Crippen LogP contribution < -0.4 is 5.32 Å². The molecule has 1 N–H and O–H groups in total. The van der Waals surface area contributed by atoms with Crippen molar-refractivity contribution in [3.05, 3.63) is 34.6 Å². The summed E-state index contributed by atoms with van der Waals surface area (Å²) in [4.78, 5) is 40.2. The summed E-state index contributed by atoms with van der Waals surface area (Å²) in [7, 11) is 0. The molecular weight excluding hydrogens is 361 g/mol. The Morgan fingerprint density at radius 1 is 1.18 bits per heavy atom. The highest BCUT2D eigenvalue weighted by Crippen LogP contribution is 2.37. The molecule has 146 valence electrons. The van der Waals surface area contributed by atoms with Gasteiger partial charge in [0, 0.05) is 18.5 Å². The SMILES string of the molecule is C#CCN1CCC(c2cc(F)cc3c2CN(C2CCC(=O)NC2=O)C3=O)CC1. The van der Waals surface area contributed by atoms with E-state index in [0.717, 1.165) is 37.1 Å². The lowest BCUT2D eigenvalue weighted by molar-refractivity contribution is -0.136. The molecule has 2 fully saturated rings. The van der Waals surface area contributed by atoms with Crippen molar-refractivity contribution in [3.63, 3.8) is 0 Å². The highest BCUT2D eigenvalue weighted by Gasteiger charge is 2.41. The second kappa shape index (κ2) is 7.36. The first-order valence-corrected chi connectivity index (χ1v) is 9.60. The summed E-state index contributed by atoms with van der Waals surface area (Å²) in [6.07, 6.45) is 7.58. The molecule has 1 atom stereocenters. The highest BCUT2D eigenvalue weighted by molar-refractivity contribution is 6.05. The van der Waals surface area contributed by atoms with E-state index in [2.05, 4.69) is 16.1 Å². The molecular formula is C21H22FN3O3. The van der Waals surface area contributed by atoms with E-state index >= 15 is 0 Å². The van der Waals surface area contributed by atoms with E-state index in [1.807, 2.05) is 0 Å². The number of likely N-dealkylation sites (tertiary alicyclic amines) is 1. The number of halogens is 1. The predicted octanol–water partition coefficient (Wildman–Crippen LogP) is 1.40. The molecule has 0 radical (unpaired) electrons. The van der Waals surface area contributed by atoms with Crippen LogP contribution in [0.4, 0.5) is 4.39 Å². The van der Waals surface area contributed by atoms with Crippen molar-refractivity contribution >= 4 is 17.7 Å². The maximum absolute atomic E-state index is 14.3. The Balaban J connectivity index is 1.59. The molecule has 2 saturated heterocycles. The van der Waals surface area contributed by atoms with Gasteiger partial charge in [0.05, 0.1) is 6.54 Å². The minimum Gasteiger partial charge on any atom is -0.322 e. The fraction of sp³-hybridized carbons (Fsp3) is 0.476. The monoisotopic (exact) mass is 383 g/mol. The third-order valence-corrected chi connectivity index (χ3v) is 6.00. The van der Waals surface area contributed by atoms with Crippen LogP contribution in [0.1, 0.15) is 53.1 Å². The average Bonchev–Trinajstić information content (AvgIpc) is 2.99. The highest BCUT2D eigenvalue weighted by atomic mass is 19.1. The van der Waals surface area contributed by atoms with Gasteiger partial charge in [-0.25, -0.2) is 4.39 Å². The second-order valence-corrected chi connectivity index (χ2v) is 7.68. The Labute approximate surface area is 163 Å². The quantitative estimate of drug-likeness (QED) is 0.633. The molecule has 3 aliphatic heterocycles. The zero-order valence-electron chi connectivity index (χ0n) is 15.5. The van der Waals surface area contributed by atoms with Gasteiger partial charge in [-0.15, -0.1) is 6.42 Å². The number of carbonyl (C=O) groups excluding carboxylic acids is 3. The largest absolute Gasteiger partial charge is 0.322 e. The van der Waals surface area contributed by atoms with Crippen LogP contribution in [0.3, 0.4) is 0 Å². The van der Waals surface area contributed by atoms with Crippen LogP contribution >= 0.6 is 0 Å². The first-order chi connectivity index (χ1) is 13.5. The third-order valence-electron chi connectivity index (χ3n) is 6.00. The minimum atomic E-state index is -0.689. The lowest BCUT2D eigenvalue weighted by atomic mass is 9.85. The maximum atomic E-state index is 14.3. The van der Waals surface area contributed by atoms with Crippen molar-refractivity contribution in [1.29, 1.82) is 0 Å². The first-order valence-electron chi connectivity index (χ1n) is 9.60. The molecule has 0 aliphatic carbocycles. The van der Waals surface area contributed by atoms with Gasteiger partial charge in [0.2, 0.25) is 11.8 Å². The number of nitrogens with one attached hydrogen (secondary N) is 1. The van der Waals surface area contributed by atoms with E-state index in [1.165, 1.54) is 17.0 Å². The summed E-state index contributed by atoms with van der Waals surface area (Å²) in [5, 5.41) is 2.29. The normalized spacial score (nSPS) is 23.5. The summed E-state index contributed by atoms with van der Waals surface area (Å²) in [5.41, 5.74) is 2.01. The number of terminal acetylenes is 1. The Kier molecular flexibility index (Phi) is 4.90. The van der Waals surface area contributed by atoms with Crippen LogP contribution in [0, 0.1) is 18.2 Å². The van der Waals surface area contributed by atoms with Gasteiger partial charge in [-0.2, -0.15) is 0 Å². The topological polar surface area (TPSA) is 69.7 Å². The fourth-order valence-electron chi connectivity index (χ4n) is 4.55. The summed E-state index contributed by atoms with van der Waals surface area (Å²) < 4.78 is 14.3. The number of nitrogens with zero attached hydrogens (tertiary/aromatic N) is 2. The molecule has 0 saturated carbocycles. The van der Waals surface area contributed by atoms with Crippen molar-refractivity contribution in [2.75, 3.05) is 19.6 Å². The number of benzene rings is 1. The Morgan fingerprint density at radius 3 is 2.61 bits per heavy atom. The number of amides is 3. The second-order valence-electron chi connectivity index (χ2n) is 7.68. The molecule has 0 aromatic heterocycles. The lowest BCUT2D eigenvalue weighted by Gasteiger charge is -2.32. The van der Waals surface area contributed by atoms with Crippen molar-refractivity contribution in [2.24, 2.45) is 0 Å². The molecule has 1 aromatic rings. The number of piperidine rings is 2. The molecule has 0 bridgehead atoms. The number of rotatable bonds is 3. The maximum Gasteiger partial charge on any atom is 0.255 e. The average molecular weight is 383 g/mol. The molecule has 28 heavy (non-hydrogen) atoms. The number of hydrogen-bond donors (Lipinski definition) is 1. The Hall–Kier alpha value is -2.72. The van der Waals surface area contributed by atoms with Crippen molar-refractivity contribution in [2.45, 2.75) is 44.2 Å². The van der Waals surface area contributed by atoms with Gasteiger partial charge in [-0.1, -0.05) is 5.92 Å². The van der Waals surface area contributed by atoms with Crippen molar-refractivity contribution in [1.82, 2.24) is 15.1 Å². The van der Waals surface area contributed by atoms with Gasteiger partial charge >= 0.3 is 0 Å². The smallest absolute Gasteiger partial charge is 0.255 e. The van der Waals surface area contributed by atoms with E-state index in [0.29, 0.717) is 18.5 Å². The predicted molar refractivity (Wildman–Crippen MR) is 99.7 cm³/mol. The van der Waals surface area contributed by atoms with Crippen LogP contribution in [0.2, 0.25) is 0 Å². The Bertz CT molecular complexity index is 884. The summed E-state index contributed by atoms with van der Waals surface area (Å²) in [6.45, 7) is 2.56. The minimum absolute atomic E-state index is 0.160. The van der Waals surface area contributed by atoms with E-state index in [9.17, 15) is 18.8 Å². The summed E-state index contributed by atoms with van der Waals surface area (Å²) in [6, 6.07) is 2.10. The van der Waals surface area contributed by atoms with Crippen LogP contribution in [-0.4, -0.2) is 53.2 Å². The van der Waals surface area contributed by atoms with Gasteiger partial charge in [-0.3, -0.25) is 24.6 Å². The molecule has 0 spiro atoms. The van der Waals surface area contributed by atoms with Crippen LogP contribution in [0.25, 0.3) is 0 Å². The molecule has 4 rings (SSSR count). The fourth-order valence-corrected chi connectivity index (χ4v) is 4.55. The lowest BCUT2D eigenvalue weighted by Crippen LogP contribution is -2.52. The third kappa shape index (κ3) is 3.29. The molecule has 7 heteroatoms. The van der Waals surface area contributed by atoms with Gasteiger partial charge < -0.3 is 4.90 Å². The number of carbonyl (C=O) groups is 3. The van der Waals surface area contributed by atoms with Crippen molar-refractivity contribution < 1.29 is 18.8 Å². The van der Waals surface area contributed by atoms with E-state index < -0.39 is 17.8 Å². The summed E-state index contributed by atoms with van der Waals surface area (Å²) >= 11 is 0. The molecule has 1 unspecified atom stereocenters. The van der Waals surface area contributed by atoms with Crippen LogP contribution in [0.5, 0.6) is 0 Å². The molecule has 1 aromatic carbocycles. The standard InChI is InChI=1S/C21H22FN3O3/c1-2-7-24-8-5-13(6-9-24)15-10-14(22)11-16-17(15)12-25(21(16)28)18-3-4-19(26)23-20(18)27/h1,10-11,13,18H,3-9,12H2,(H,23,26,27). The van der Waals surface area contributed by atoms with Gasteiger partial charge in [-0.05, 0) is 61.5 Å². The molecule has 3 amide bonds. The molecule has 3 heterocycles. The summed E-state index contributed by atoms with van der Waals surface area (Å²) in [5.74, 6) is 1.26. The van der Waals surface area contributed by atoms with Gasteiger partial charge in [0.1, 0.15) is 11.9 Å². The van der Waals surface area contributed by atoms with Gasteiger partial charge in [0.25, 0.3) is 5.91 Å². The number of hydrogen-bond acceptors (Lipinski definition) is 4. The molecule has 6 nitrogen and oxygen atoms in total.